The number of halogens is 1. The molecule has 2 atom stereocenters. The van der Waals surface area contributed by atoms with Crippen molar-refractivity contribution in [3.63, 3.8) is 0 Å². The lowest BCUT2D eigenvalue weighted by Crippen LogP contribution is -2.28. The predicted molar refractivity (Wildman–Crippen MR) is 71.9 cm³/mol. The second-order valence-electron chi connectivity index (χ2n) is 4.73. The van der Waals surface area contributed by atoms with Gasteiger partial charge in [0.05, 0.1) is 0 Å². The summed E-state index contributed by atoms with van der Waals surface area (Å²) >= 11 is 5.95. The lowest BCUT2D eigenvalue weighted by atomic mass is 9.99. The summed E-state index contributed by atoms with van der Waals surface area (Å²) in [7, 11) is 0. The highest BCUT2D eigenvalue weighted by molar-refractivity contribution is 6.30. The van der Waals surface area contributed by atoms with Crippen molar-refractivity contribution in [3.8, 4) is 5.75 Å². The molecule has 1 saturated heterocycles. The van der Waals surface area contributed by atoms with Crippen LogP contribution in [0.3, 0.4) is 0 Å². The van der Waals surface area contributed by atoms with E-state index in [-0.39, 0.29) is 0 Å². The van der Waals surface area contributed by atoms with E-state index in [2.05, 4.69) is 12.2 Å². The minimum absolute atomic E-state index is 0.310. The van der Waals surface area contributed by atoms with Crippen LogP contribution in [0.5, 0.6) is 5.75 Å². The van der Waals surface area contributed by atoms with E-state index in [9.17, 15) is 0 Å². The first-order valence-electron chi connectivity index (χ1n) is 6.34. The third-order valence-electron chi connectivity index (χ3n) is 3.44. The number of rotatable bonds is 4. The molecular formula is C14H20ClNO. The van der Waals surface area contributed by atoms with Crippen LogP contribution >= 0.6 is 11.6 Å². The van der Waals surface area contributed by atoms with Crippen LogP contribution in [0.1, 0.15) is 25.3 Å². The second kappa shape index (κ2) is 5.74. The van der Waals surface area contributed by atoms with Crippen LogP contribution in [0.25, 0.3) is 0 Å². The van der Waals surface area contributed by atoms with Crippen molar-refractivity contribution in [2.75, 3.05) is 13.1 Å². The lowest BCUT2D eigenvalue weighted by molar-refractivity contribution is 0.137. The summed E-state index contributed by atoms with van der Waals surface area (Å²) in [6.07, 6.45) is 2.57. The van der Waals surface area contributed by atoms with Gasteiger partial charge in [0, 0.05) is 17.5 Å². The van der Waals surface area contributed by atoms with Gasteiger partial charge in [0.1, 0.15) is 11.9 Å². The van der Waals surface area contributed by atoms with Gasteiger partial charge in [-0.2, -0.15) is 0 Å². The molecular weight excluding hydrogens is 234 g/mol. The van der Waals surface area contributed by atoms with Gasteiger partial charge in [-0.3, -0.25) is 0 Å². The average molecular weight is 254 g/mol. The molecule has 2 nitrogen and oxygen atoms in total. The molecule has 1 aliphatic heterocycles. The van der Waals surface area contributed by atoms with Gasteiger partial charge >= 0.3 is 0 Å². The van der Waals surface area contributed by atoms with Crippen LogP contribution in [0.4, 0.5) is 0 Å². The van der Waals surface area contributed by atoms with Crippen molar-refractivity contribution in [2.24, 2.45) is 5.92 Å². The van der Waals surface area contributed by atoms with Crippen molar-refractivity contribution in [3.05, 3.63) is 28.8 Å². The molecule has 0 radical (unpaired) electrons. The van der Waals surface area contributed by atoms with Crippen LogP contribution in [0.15, 0.2) is 18.2 Å². The summed E-state index contributed by atoms with van der Waals surface area (Å²) in [6.45, 7) is 6.42. The maximum Gasteiger partial charge on any atom is 0.122 e. The first kappa shape index (κ1) is 12.7. The summed E-state index contributed by atoms with van der Waals surface area (Å²) in [6, 6.07) is 5.82. The predicted octanol–water partition coefficient (Wildman–Crippen LogP) is 3.42. The highest BCUT2D eigenvalue weighted by atomic mass is 35.5. The van der Waals surface area contributed by atoms with Crippen molar-refractivity contribution in [1.82, 2.24) is 5.32 Å². The summed E-state index contributed by atoms with van der Waals surface area (Å²) < 4.78 is 6.13. The first-order valence-corrected chi connectivity index (χ1v) is 6.72. The van der Waals surface area contributed by atoms with E-state index in [1.54, 1.807) is 0 Å². The van der Waals surface area contributed by atoms with E-state index in [0.717, 1.165) is 35.8 Å². The zero-order valence-corrected chi connectivity index (χ0v) is 11.3. The fourth-order valence-corrected chi connectivity index (χ4v) is 2.64. The van der Waals surface area contributed by atoms with Crippen molar-refractivity contribution in [2.45, 2.75) is 32.8 Å². The van der Waals surface area contributed by atoms with Crippen LogP contribution < -0.4 is 10.1 Å². The number of benzene rings is 1. The molecule has 3 heteroatoms. The molecule has 1 heterocycles. The maximum absolute atomic E-state index is 6.13. The fourth-order valence-electron chi connectivity index (χ4n) is 2.42. The summed E-state index contributed by atoms with van der Waals surface area (Å²) in [5.74, 6) is 1.60. The Labute approximate surface area is 108 Å². The quantitative estimate of drug-likeness (QED) is 0.888. The van der Waals surface area contributed by atoms with Gasteiger partial charge in [-0.15, -0.1) is 0 Å². The number of hydrogen-bond acceptors (Lipinski definition) is 2. The molecule has 0 unspecified atom stereocenters. The van der Waals surface area contributed by atoms with Gasteiger partial charge < -0.3 is 10.1 Å². The van der Waals surface area contributed by atoms with E-state index in [0.29, 0.717) is 12.0 Å². The van der Waals surface area contributed by atoms with E-state index in [4.69, 9.17) is 16.3 Å². The molecule has 17 heavy (non-hydrogen) atoms. The van der Waals surface area contributed by atoms with Crippen LogP contribution in [-0.4, -0.2) is 19.2 Å². The minimum atomic E-state index is 0.310. The molecule has 0 saturated carbocycles. The minimum Gasteiger partial charge on any atom is -0.490 e. The van der Waals surface area contributed by atoms with Crippen LogP contribution in [0, 0.1) is 12.8 Å². The molecule has 0 bridgehead atoms. The smallest absolute Gasteiger partial charge is 0.122 e. The first-order chi connectivity index (χ1) is 8.20. The zero-order chi connectivity index (χ0) is 12.3. The van der Waals surface area contributed by atoms with Crippen molar-refractivity contribution < 1.29 is 4.74 Å². The van der Waals surface area contributed by atoms with E-state index in [1.807, 2.05) is 25.1 Å². The molecule has 0 amide bonds. The number of ether oxygens (including phenoxy) is 1. The Morgan fingerprint density at radius 3 is 2.94 bits per heavy atom. The Bertz CT molecular complexity index is 374. The summed E-state index contributed by atoms with van der Waals surface area (Å²) in [4.78, 5) is 0. The standard InChI is InChI=1S/C14H20ClNO/c1-3-13(11-6-7-16-9-11)17-14-5-4-12(15)8-10(14)2/h4-5,8,11,13,16H,3,6-7,9H2,1-2H3/t11-,13-/m1/s1. The normalized spacial score (nSPS) is 21.5. The second-order valence-corrected chi connectivity index (χ2v) is 5.16. The topological polar surface area (TPSA) is 21.3 Å². The highest BCUT2D eigenvalue weighted by Crippen LogP contribution is 2.26. The summed E-state index contributed by atoms with van der Waals surface area (Å²) in [5.41, 5.74) is 1.11. The fraction of sp³-hybridized carbons (Fsp3) is 0.571. The van der Waals surface area contributed by atoms with Gasteiger partial charge in [-0.1, -0.05) is 18.5 Å². The molecule has 1 aromatic rings. The average Bonchev–Trinajstić information content (AvgIpc) is 2.81. The molecule has 0 aromatic heterocycles. The molecule has 1 aromatic carbocycles. The van der Waals surface area contributed by atoms with Crippen molar-refractivity contribution in [1.29, 1.82) is 0 Å². The Morgan fingerprint density at radius 1 is 1.53 bits per heavy atom. The Hall–Kier alpha value is -0.730. The number of hydrogen-bond donors (Lipinski definition) is 1. The summed E-state index contributed by atoms with van der Waals surface area (Å²) in [5, 5.41) is 4.16. The Morgan fingerprint density at radius 2 is 2.35 bits per heavy atom. The van der Waals surface area contributed by atoms with Gasteiger partial charge in [-0.05, 0) is 50.1 Å². The third-order valence-corrected chi connectivity index (χ3v) is 3.68. The van der Waals surface area contributed by atoms with E-state index < -0.39 is 0 Å². The third kappa shape index (κ3) is 3.14. The largest absolute Gasteiger partial charge is 0.490 e. The van der Waals surface area contributed by atoms with Crippen LogP contribution in [-0.2, 0) is 0 Å². The molecule has 1 N–H and O–H groups in total. The van der Waals surface area contributed by atoms with E-state index >= 15 is 0 Å². The van der Waals surface area contributed by atoms with E-state index in [1.165, 1.54) is 6.42 Å². The molecule has 0 aliphatic carbocycles. The lowest BCUT2D eigenvalue weighted by Gasteiger charge is -2.24. The monoisotopic (exact) mass is 253 g/mol. The van der Waals surface area contributed by atoms with Gasteiger partial charge in [0.15, 0.2) is 0 Å². The molecule has 94 valence electrons. The van der Waals surface area contributed by atoms with Crippen LogP contribution in [0.2, 0.25) is 5.02 Å². The number of aryl methyl sites for hydroxylation is 1. The van der Waals surface area contributed by atoms with Gasteiger partial charge in [0.2, 0.25) is 0 Å². The van der Waals surface area contributed by atoms with Gasteiger partial charge in [0.25, 0.3) is 0 Å². The molecule has 1 aliphatic rings. The number of nitrogens with one attached hydrogen (secondary N) is 1. The zero-order valence-electron chi connectivity index (χ0n) is 10.5. The molecule has 1 fully saturated rings. The Kier molecular flexibility index (Phi) is 4.30. The SMILES string of the molecule is CC[C@@H](Oc1ccc(Cl)cc1C)[C@@H]1CCNC1. The Balaban J connectivity index is 2.06. The molecule has 2 rings (SSSR count). The maximum atomic E-state index is 6.13. The van der Waals surface area contributed by atoms with Crippen molar-refractivity contribution >= 4 is 11.6 Å². The molecule has 0 spiro atoms. The highest BCUT2D eigenvalue weighted by Gasteiger charge is 2.25. The van der Waals surface area contributed by atoms with Gasteiger partial charge in [-0.25, -0.2) is 0 Å².